The summed E-state index contributed by atoms with van der Waals surface area (Å²) in [6.07, 6.45) is 2.09. The van der Waals surface area contributed by atoms with Crippen LogP contribution in [0.25, 0.3) is 0 Å². The fourth-order valence-electron chi connectivity index (χ4n) is 3.30. The number of carbonyl (C=O) groups excluding carboxylic acids is 2. The Bertz CT molecular complexity index is 649. The lowest BCUT2D eigenvalue weighted by atomic mass is 9.92. The monoisotopic (exact) mass is 397 g/mol. The predicted molar refractivity (Wildman–Crippen MR) is 96.0 cm³/mol. The molecule has 7 nitrogen and oxygen atoms in total. The van der Waals surface area contributed by atoms with Crippen molar-refractivity contribution in [2.24, 2.45) is 0 Å². The average molecular weight is 398 g/mol. The maximum atomic E-state index is 13.0. The summed E-state index contributed by atoms with van der Waals surface area (Å²) in [4.78, 5) is 27.9. The number of hydrogen-bond acceptors (Lipinski definition) is 4. The van der Waals surface area contributed by atoms with Gasteiger partial charge in [-0.2, -0.15) is 0 Å². The third-order valence-electron chi connectivity index (χ3n) is 5.05. The predicted octanol–water partition coefficient (Wildman–Crippen LogP) is -2.49. The van der Waals surface area contributed by atoms with Crippen molar-refractivity contribution in [2.75, 3.05) is 39.6 Å². The van der Waals surface area contributed by atoms with Gasteiger partial charge >= 0.3 is 6.03 Å². The van der Waals surface area contributed by atoms with Gasteiger partial charge in [0.25, 0.3) is 5.91 Å². The Labute approximate surface area is 166 Å². The van der Waals surface area contributed by atoms with Crippen molar-refractivity contribution < 1.29 is 36.4 Å². The molecule has 2 heterocycles. The topological polar surface area (TPSA) is 72.3 Å². The molecule has 0 bridgehead atoms. The molecule has 1 unspecified atom stereocenters. The Kier molecular flexibility index (Phi) is 7.47. The van der Waals surface area contributed by atoms with Crippen LogP contribution in [0.3, 0.4) is 0 Å². The molecular formula is C19H28ClN3O4. The van der Waals surface area contributed by atoms with Crippen molar-refractivity contribution in [3.63, 3.8) is 0 Å². The number of nitrogens with zero attached hydrogens (tertiary/aromatic N) is 1. The molecule has 2 saturated heterocycles. The molecule has 3 amide bonds. The highest BCUT2D eigenvalue weighted by Crippen LogP contribution is 2.29. The van der Waals surface area contributed by atoms with Gasteiger partial charge in [-0.25, -0.2) is 9.69 Å². The highest BCUT2D eigenvalue weighted by atomic mass is 35.5. The fourth-order valence-corrected chi connectivity index (χ4v) is 3.30. The number of unbranched alkanes of at least 4 members (excludes halogenated alkanes) is 1. The van der Waals surface area contributed by atoms with E-state index in [1.54, 1.807) is 6.92 Å². The first-order valence-electron chi connectivity index (χ1n) is 9.33. The minimum atomic E-state index is -1.04. The lowest BCUT2D eigenvalue weighted by Gasteiger charge is -2.27. The molecule has 1 aromatic rings. The molecule has 0 spiro atoms. The number of morpholine rings is 1. The second kappa shape index (κ2) is 9.39. The SMILES string of the molecule is CCCCOc1ccc(C2(C)NC(=O)N(C[NH+]3CCOCC3)C2=O)cc1.[Cl-]. The number of hydrogen-bond donors (Lipinski definition) is 2. The van der Waals surface area contributed by atoms with Crippen molar-refractivity contribution in [1.29, 1.82) is 0 Å². The van der Waals surface area contributed by atoms with Crippen LogP contribution in [0.4, 0.5) is 4.79 Å². The summed E-state index contributed by atoms with van der Waals surface area (Å²) in [5, 5.41) is 2.86. The molecule has 2 aliphatic heterocycles. The minimum Gasteiger partial charge on any atom is -1.00 e. The molecule has 3 rings (SSSR count). The van der Waals surface area contributed by atoms with Crippen LogP contribution in [0.5, 0.6) is 5.75 Å². The van der Waals surface area contributed by atoms with E-state index in [0.29, 0.717) is 26.5 Å². The van der Waals surface area contributed by atoms with Crippen molar-refractivity contribution in [2.45, 2.75) is 32.2 Å². The summed E-state index contributed by atoms with van der Waals surface area (Å²) in [5.74, 6) is 0.568. The lowest BCUT2D eigenvalue weighted by Crippen LogP contribution is -3.15. The van der Waals surface area contributed by atoms with Crippen LogP contribution >= 0.6 is 0 Å². The normalized spacial score (nSPS) is 23.1. The van der Waals surface area contributed by atoms with E-state index in [9.17, 15) is 9.59 Å². The number of benzene rings is 1. The van der Waals surface area contributed by atoms with Crippen LogP contribution < -0.4 is 27.4 Å². The lowest BCUT2D eigenvalue weighted by molar-refractivity contribution is -0.915. The standard InChI is InChI=1S/C19H27N3O4.ClH/c1-3-4-11-26-16-7-5-15(6-8-16)19(2)17(23)22(18(24)20-19)14-21-9-12-25-13-10-21;/h5-8H,3-4,9-14H2,1-2H3,(H,20,24);1H. The smallest absolute Gasteiger partial charge is 0.329 e. The van der Waals surface area contributed by atoms with Gasteiger partial charge in [0, 0.05) is 0 Å². The number of rotatable bonds is 7. The van der Waals surface area contributed by atoms with Crippen LogP contribution in [0.2, 0.25) is 0 Å². The van der Waals surface area contributed by atoms with Crippen LogP contribution in [0.15, 0.2) is 24.3 Å². The van der Waals surface area contributed by atoms with E-state index in [1.807, 2.05) is 24.3 Å². The van der Waals surface area contributed by atoms with Crippen molar-refractivity contribution >= 4 is 11.9 Å². The highest BCUT2D eigenvalue weighted by molar-refractivity contribution is 6.07. The molecule has 1 atom stereocenters. The van der Waals surface area contributed by atoms with Crippen molar-refractivity contribution in [3.05, 3.63) is 29.8 Å². The quantitative estimate of drug-likeness (QED) is 0.394. The first-order chi connectivity index (χ1) is 12.5. The van der Waals surface area contributed by atoms with Crippen LogP contribution in [0, 0.1) is 0 Å². The van der Waals surface area contributed by atoms with E-state index in [0.717, 1.165) is 37.2 Å². The molecule has 8 heteroatoms. The highest BCUT2D eigenvalue weighted by Gasteiger charge is 2.50. The second-order valence-corrected chi connectivity index (χ2v) is 7.04. The van der Waals surface area contributed by atoms with Crippen LogP contribution in [-0.4, -0.2) is 56.4 Å². The summed E-state index contributed by atoms with van der Waals surface area (Å²) in [6.45, 7) is 7.86. The molecule has 2 aliphatic rings. The van der Waals surface area contributed by atoms with Gasteiger partial charge in [0.2, 0.25) is 0 Å². The Hall–Kier alpha value is -1.83. The number of imide groups is 1. The Morgan fingerprint density at radius 3 is 2.52 bits per heavy atom. The van der Waals surface area contributed by atoms with Gasteiger partial charge in [0.05, 0.1) is 19.8 Å². The first kappa shape index (κ1) is 21.5. The zero-order valence-corrected chi connectivity index (χ0v) is 16.7. The number of amides is 3. The number of halogens is 1. The van der Waals surface area contributed by atoms with E-state index < -0.39 is 5.54 Å². The average Bonchev–Trinajstić information content (AvgIpc) is 2.87. The second-order valence-electron chi connectivity index (χ2n) is 7.04. The third-order valence-corrected chi connectivity index (χ3v) is 5.05. The van der Waals surface area contributed by atoms with Gasteiger partial charge < -0.3 is 32.1 Å². The zero-order valence-electron chi connectivity index (χ0n) is 15.9. The van der Waals surface area contributed by atoms with Gasteiger partial charge in [-0.3, -0.25) is 4.79 Å². The zero-order chi connectivity index (χ0) is 18.6. The van der Waals surface area contributed by atoms with Crippen LogP contribution in [-0.2, 0) is 15.1 Å². The molecule has 0 aromatic heterocycles. The fraction of sp³-hybridized carbons (Fsp3) is 0.579. The van der Waals surface area contributed by atoms with Crippen molar-refractivity contribution in [1.82, 2.24) is 10.2 Å². The molecule has 2 fully saturated rings. The van der Waals surface area contributed by atoms with Gasteiger partial charge in [-0.15, -0.1) is 0 Å². The van der Waals surface area contributed by atoms with Crippen LogP contribution in [0.1, 0.15) is 32.3 Å². The van der Waals surface area contributed by atoms with Gasteiger partial charge in [-0.05, 0) is 31.0 Å². The summed E-state index contributed by atoms with van der Waals surface area (Å²) in [5.41, 5.74) is -0.275. The van der Waals surface area contributed by atoms with Crippen molar-refractivity contribution in [3.8, 4) is 5.75 Å². The van der Waals surface area contributed by atoms with Gasteiger partial charge in [0.1, 0.15) is 24.4 Å². The summed E-state index contributed by atoms with van der Waals surface area (Å²) >= 11 is 0. The molecular weight excluding hydrogens is 370 g/mol. The molecule has 2 N–H and O–H groups in total. The largest absolute Gasteiger partial charge is 1.00 e. The third kappa shape index (κ3) is 4.72. The van der Waals surface area contributed by atoms with E-state index in [2.05, 4.69) is 12.2 Å². The van der Waals surface area contributed by atoms with E-state index in [4.69, 9.17) is 9.47 Å². The Morgan fingerprint density at radius 2 is 1.89 bits per heavy atom. The number of ether oxygens (including phenoxy) is 2. The van der Waals surface area contributed by atoms with E-state index in [-0.39, 0.29) is 24.3 Å². The van der Waals surface area contributed by atoms with E-state index >= 15 is 0 Å². The summed E-state index contributed by atoms with van der Waals surface area (Å²) < 4.78 is 11.0. The first-order valence-corrected chi connectivity index (χ1v) is 9.33. The maximum Gasteiger partial charge on any atom is 0.329 e. The maximum absolute atomic E-state index is 13.0. The summed E-state index contributed by atoms with van der Waals surface area (Å²) in [6, 6.07) is 7.08. The Morgan fingerprint density at radius 1 is 1.22 bits per heavy atom. The number of quaternary nitrogens is 1. The van der Waals surface area contributed by atoms with E-state index in [1.165, 1.54) is 9.80 Å². The number of nitrogens with one attached hydrogen (secondary N) is 2. The molecule has 0 radical (unpaired) electrons. The molecule has 150 valence electrons. The minimum absolute atomic E-state index is 0. The number of urea groups is 1. The van der Waals surface area contributed by atoms with Gasteiger partial charge in [-0.1, -0.05) is 25.5 Å². The number of carbonyl (C=O) groups is 2. The Balaban J connectivity index is 0.00000261. The molecule has 0 aliphatic carbocycles. The summed E-state index contributed by atoms with van der Waals surface area (Å²) in [7, 11) is 0. The molecule has 0 saturated carbocycles. The molecule has 27 heavy (non-hydrogen) atoms. The van der Waals surface area contributed by atoms with Gasteiger partial charge in [0.15, 0.2) is 6.67 Å². The molecule has 1 aromatic carbocycles.